The summed E-state index contributed by atoms with van der Waals surface area (Å²) in [5.74, 6) is 0.408. The summed E-state index contributed by atoms with van der Waals surface area (Å²) in [5.41, 5.74) is 5.57. The molecule has 0 spiro atoms. The first-order valence-corrected chi connectivity index (χ1v) is 8.30. The molecule has 7 heteroatoms. The molecule has 0 bridgehead atoms. The van der Waals surface area contributed by atoms with E-state index in [2.05, 4.69) is 15.5 Å². The molecule has 1 saturated heterocycles. The minimum absolute atomic E-state index is 0.0873. The molecule has 1 aliphatic heterocycles. The van der Waals surface area contributed by atoms with Crippen LogP contribution in [0.25, 0.3) is 5.65 Å². The second-order valence-corrected chi connectivity index (χ2v) is 7.23. The largest absolute Gasteiger partial charge is 0.306 e. The van der Waals surface area contributed by atoms with Crippen LogP contribution in [0.5, 0.6) is 0 Å². The van der Waals surface area contributed by atoms with Gasteiger partial charge in [-0.15, -0.1) is 0 Å². The summed E-state index contributed by atoms with van der Waals surface area (Å²) in [6, 6.07) is 5.71. The Morgan fingerprint density at radius 3 is 3.10 bits per heavy atom. The monoisotopic (exact) mass is 292 g/mol. The highest BCUT2D eigenvalue weighted by atomic mass is 32.2. The SMILES string of the molecule is Cc1nc2ccccn2c1C=NNC1CCS(=O)(=O)C1. The molecule has 1 atom stereocenters. The molecule has 1 fully saturated rings. The number of hydrogen-bond acceptors (Lipinski definition) is 5. The van der Waals surface area contributed by atoms with Crippen LogP contribution >= 0.6 is 0 Å². The quantitative estimate of drug-likeness (QED) is 0.669. The van der Waals surface area contributed by atoms with Gasteiger partial charge in [-0.2, -0.15) is 5.10 Å². The lowest BCUT2D eigenvalue weighted by molar-refractivity contribution is 0.578. The Kier molecular flexibility index (Phi) is 3.21. The Morgan fingerprint density at radius 2 is 2.35 bits per heavy atom. The molecule has 0 radical (unpaired) electrons. The second kappa shape index (κ2) is 4.90. The van der Waals surface area contributed by atoms with Gasteiger partial charge in [-0.25, -0.2) is 13.4 Å². The zero-order valence-electron chi connectivity index (χ0n) is 11.2. The van der Waals surface area contributed by atoms with Crippen LogP contribution in [0, 0.1) is 6.92 Å². The lowest BCUT2D eigenvalue weighted by Gasteiger charge is -2.05. The fourth-order valence-corrected chi connectivity index (χ4v) is 4.05. The number of aryl methyl sites for hydroxylation is 1. The summed E-state index contributed by atoms with van der Waals surface area (Å²) >= 11 is 0. The van der Waals surface area contributed by atoms with Gasteiger partial charge < -0.3 is 5.43 Å². The van der Waals surface area contributed by atoms with Crippen molar-refractivity contribution in [3.05, 3.63) is 35.8 Å². The maximum atomic E-state index is 11.4. The normalized spacial score (nSPS) is 21.8. The highest BCUT2D eigenvalue weighted by Gasteiger charge is 2.27. The van der Waals surface area contributed by atoms with Crippen molar-refractivity contribution in [2.75, 3.05) is 11.5 Å². The maximum Gasteiger partial charge on any atom is 0.152 e. The first-order valence-electron chi connectivity index (χ1n) is 6.48. The van der Waals surface area contributed by atoms with E-state index in [1.165, 1.54) is 0 Å². The number of hydrazone groups is 1. The van der Waals surface area contributed by atoms with Gasteiger partial charge in [0, 0.05) is 6.20 Å². The van der Waals surface area contributed by atoms with Gasteiger partial charge in [-0.05, 0) is 25.5 Å². The van der Waals surface area contributed by atoms with Crippen molar-refractivity contribution >= 4 is 21.7 Å². The Balaban J connectivity index is 1.76. The van der Waals surface area contributed by atoms with Crippen LogP contribution in [-0.2, 0) is 9.84 Å². The standard InChI is InChI=1S/C13H16N4O2S/c1-10-12(17-6-3-2-4-13(17)15-10)8-14-16-11-5-7-20(18,19)9-11/h2-4,6,8,11,16H,5,7,9H2,1H3. The van der Waals surface area contributed by atoms with Gasteiger partial charge in [-0.3, -0.25) is 4.40 Å². The van der Waals surface area contributed by atoms with Gasteiger partial charge in [-0.1, -0.05) is 6.07 Å². The van der Waals surface area contributed by atoms with E-state index in [0.29, 0.717) is 6.42 Å². The first kappa shape index (κ1) is 13.1. The molecule has 20 heavy (non-hydrogen) atoms. The van der Waals surface area contributed by atoms with Gasteiger partial charge in [0.15, 0.2) is 9.84 Å². The van der Waals surface area contributed by atoms with Crippen LogP contribution in [0.2, 0.25) is 0 Å². The zero-order valence-corrected chi connectivity index (χ0v) is 12.0. The lowest BCUT2D eigenvalue weighted by atomic mass is 10.3. The van der Waals surface area contributed by atoms with Gasteiger partial charge in [0.1, 0.15) is 5.65 Å². The predicted octanol–water partition coefficient (Wildman–Crippen LogP) is 0.753. The van der Waals surface area contributed by atoms with Crippen LogP contribution < -0.4 is 5.43 Å². The maximum absolute atomic E-state index is 11.4. The predicted molar refractivity (Wildman–Crippen MR) is 77.7 cm³/mol. The Labute approximate surface area is 117 Å². The average Bonchev–Trinajstić information content (AvgIpc) is 2.90. The van der Waals surface area contributed by atoms with Gasteiger partial charge >= 0.3 is 0 Å². The molecule has 1 N–H and O–H groups in total. The average molecular weight is 292 g/mol. The molecule has 3 heterocycles. The van der Waals surface area contributed by atoms with Crippen molar-refractivity contribution in [1.82, 2.24) is 14.8 Å². The van der Waals surface area contributed by atoms with E-state index in [1.54, 1.807) is 6.21 Å². The number of fused-ring (bicyclic) bond motifs is 1. The summed E-state index contributed by atoms with van der Waals surface area (Å²) in [6.45, 7) is 1.92. The van der Waals surface area contributed by atoms with Crippen LogP contribution in [0.3, 0.4) is 0 Å². The molecule has 6 nitrogen and oxygen atoms in total. The summed E-state index contributed by atoms with van der Waals surface area (Å²) in [4.78, 5) is 4.43. The molecule has 3 rings (SSSR count). The molecule has 2 aromatic heterocycles. The van der Waals surface area contributed by atoms with Crippen molar-refractivity contribution in [2.24, 2.45) is 5.10 Å². The van der Waals surface area contributed by atoms with E-state index in [4.69, 9.17) is 0 Å². The third kappa shape index (κ3) is 2.53. The summed E-state index contributed by atoms with van der Waals surface area (Å²) < 4.78 is 24.7. The van der Waals surface area contributed by atoms with E-state index >= 15 is 0 Å². The fraction of sp³-hybridized carbons (Fsp3) is 0.385. The Hall–Kier alpha value is -1.89. The van der Waals surface area contributed by atoms with E-state index in [9.17, 15) is 8.42 Å². The molecule has 1 aliphatic rings. The molecular weight excluding hydrogens is 276 g/mol. The summed E-state index contributed by atoms with van der Waals surface area (Å²) in [5, 5.41) is 4.17. The first-order chi connectivity index (χ1) is 9.55. The van der Waals surface area contributed by atoms with Crippen molar-refractivity contribution in [2.45, 2.75) is 19.4 Å². The van der Waals surface area contributed by atoms with Crippen LogP contribution in [0.4, 0.5) is 0 Å². The molecule has 0 amide bonds. The van der Waals surface area contributed by atoms with Crippen LogP contribution in [0.1, 0.15) is 17.8 Å². The second-order valence-electron chi connectivity index (χ2n) is 5.00. The minimum atomic E-state index is -2.88. The lowest BCUT2D eigenvalue weighted by Crippen LogP contribution is -2.25. The third-order valence-corrected chi connectivity index (χ3v) is 5.20. The molecule has 1 unspecified atom stereocenters. The highest BCUT2D eigenvalue weighted by molar-refractivity contribution is 7.91. The molecule has 106 valence electrons. The minimum Gasteiger partial charge on any atom is -0.306 e. The van der Waals surface area contributed by atoms with Crippen LogP contribution in [-0.4, -0.2) is 41.6 Å². The highest BCUT2D eigenvalue weighted by Crippen LogP contribution is 2.12. The molecule has 0 aromatic carbocycles. The molecule has 0 aliphatic carbocycles. The number of aromatic nitrogens is 2. The third-order valence-electron chi connectivity index (χ3n) is 3.43. The van der Waals surface area contributed by atoms with Gasteiger partial charge in [0.05, 0.1) is 35.2 Å². The Bertz CT molecular complexity index is 764. The van der Waals surface area contributed by atoms with Gasteiger partial charge in [0.25, 0.3) is 0 Å². The molecular formula is C13H16N4O2S. The molecule has 2 aromatic rings. The fourth-order valence-electron chi connectivity index (χ4n) is 2.39. The zero-order chi connectivity index (χ0) is 14.2. The van der Waals surface area contributed by atoms with E-state index < -0.39 is 9.84 Å². The van der Waals surface area contributed by atoms with Crippen molar-refractivity contribution in [3.8, 4) is 0 Å². The topological polar surface area (TPSA) is 75.8 Å². The van der Waals surface area contributed by atoms with Gasteiger partial charge in [0.2, 0.25) is 0 Å². The Morgan fingerprint density at radius 1 is 1.50 bits per heavy atom. The van der Waals surface area contributed by atoms with E-state index in [1.807, 2.05) is 35.7 Å². The number of nitrogens with one attached hydrogen (secondary N) is 1. The molecule has 0 saturated carbocycles. The number of pyridine rings is 1. The van der Waals surface area contributed by atoms with Crippen molar-refractivity contribution in [1.29, 1.82) is 0 Å². The van der Waals surface area contributed by atoms with Crippen molar-refractivity contribution in [3.63, 3.8) is 0 Å². The number of imidazole rings is 1. The number of rotatable bonds is 3. The number of hydrogen-bond donors (Lipinski definition) is 1. The van der Waals surface area contributed by atoms with E-state index in [0.717, 1.165) is 17.0 Å². The number of nitrogens with zero attached hydrogens (tertiary/aromatic N) is 3. The van der Waals surface area contributed by atoms with Crippen LogP contribution in [0.15, 0.2) is 29.5 Å². The van der Waals surface area contributed by atoms with Crippen molar-refractivity contribution < 1.29 is 8.42 Å². The van der Waals surface area contributed by atoms with E-state index in [-0.39, 0.29) is 17.5 Å². The summed E-state index contributed by atoms with van der Waals surface area (Å²) in [7, 11) is -2.88. The number of sulfone groups is 1. The summed E-state index contributed by atoms with van der Waals surface area (Å²) in [6.07, 6.45) is 4.24. The smallest absolute Gasteiger partial charge is 0.152 e.